The van der Waals surface area contributed by atoms with Gasteiger partial charge in [-0.2, -0.15) is 21.1 Å². The van der Waals surface area contributed by atoms with Crippen molar-refractivity contribution in [2.45, 2.75) is 6.92 Å². The number of carbonyl (C=O) groups excluding carboxylic acids is 1. The number of hydrazone groups is 1. The van der Waals surface area contributed by atoms with Crippen molar-refractivity contribution in [2.24, 2.45) is 5.10 Å². The molecule has 1 amide bonds. The third-order valence-corrected chi connectivity index (χ3v) is 4.62. The van der Waals surface area contributed by atoms with Gasteiger partial charge in [-0.3, -0.25) is 4.79 Å². The molecule has 152 valence electrons. The van der Waals surface area contributed by atoms with E-state index < -0.39 is 5.91 Å². The molecule has 0 bridgehead atoms. The molecule has 0 aliphatic heterocycles. The van der Waals surface area contributed by atoms with Gasteiger partial charge in [0.1, 0.15) is 11.4 Å². The maximum absolute atomic E-state index is 12.8. The molecule has 0 saturated carbocycles. The molecule has 3 heterocycles. The van der Waals surface area contributed by atoms with Gasteiger partial charge in [0.05, 0.1) is 12.8 Å². The maximum atomic E-state index is 12.8. The van der Waals surface area contributed by atoms with Crippen LogP contribution in [0.1, 0.15) is 23.0 Å². The van der Waals surface area contributed by atoms with Crippen LogP contribution in [0.5, 0.6) is 5.75 Å². The molecule has 0 unspecified atom stereocenters. The zero-order valence-corrected chi connectivity index (χ0v) is 16.5. The molecule has 11 nitrogen and oxygen atoms in total. The van der Waals surface area contributed by atoms with Crippen molar-refractivity contribution in [1.82, 2.24) is 30.7 Å². The van der Waals surface area contributed by atoms with Crippen molar-refractivity contribution >= 4 is 29.3 Å². The van der Waals surface area contributed by atoms with Gasteiger partial charge < -0.3 is 10.5 Å². The number of benzene rings is 1. The number of anilines is 1. The molecular formula is C18H16N8O3S. The van der Waals surface area contributed by atoms with Gasteiger partial charge >= 0.3 is 0 Å². The van der Waals surface area contributed by atoms with E-state index in [1.807, 2.05) is 23.8 Å². The molecule has 30 heavy (non-hydrogen) atoms. The summed E-state index contributed by atoms with van der Waals surface area (Å²) in [6.07, 6.45) is 1.54. The molecule has 3 N–H and O–H groups in total. The Balaban J connectivity index is 1.73. The van der Waals surface area contributed by atoms with E-state index in [-0.39, 0.29) is 17.3 Å². The van der Waals surface area contributed by atoms with Gasteiger partial charge in [0.2, 0.25) is 11.6 Å². The number of amides is 1. The smallest absolute Gasteiger partial charge is 0.294 e. The van der Waals surface area contributed by atoms with E-state index in [2.05, 4.69) is 35.8 Å². The normalized spacial score (nSPS) is 11.1. The number of nitrogens with zero attached hydrogens (tertiary/aromatic N) is 6. The summed E-state index contributed by atoms with van der Waals surface area (Å²) >= 11 is 1.53. The first-order chi connectivity index (χ1) is 14.7. The number of nitrogen functional groups attached to an aromatic ring is 1. The van der Waals surface area contributed by atoms with Gasteiger partial charge in [-0.05, 0) is 46.2 Å². The summed E-state index contributed by atoms with van der Waals surface area (Å²) < 4.78 is 11.5. The Morgan fingerprint density at radius 2 is 2.30 bits per heavy atom. The van der Waals surface area contributed by atoms with Crippen LogP contribution in [0.15, 0.2) is 50.8 Å². The molecule has 0 aliphatic carbocycles. The van der Waals surface area contributed by atoms with Gasteiger partial charge in [0, 0.05) is 11.1 Å². The molecule has 1 aromatic carbocycles. The average molecular weight is 424 g/mol. The fourth-order valence-electron chi connectivity index (χ4n) is 2.65. The predicted molar refractivity (Wildman–Crippen MR) is 110 cm³/mol. The molecule has 12 heteroatoms. The second kappa shape index (κ2) is 8.53. The van der Waals surface area contributed by atoms with Crippen LogP contribution in [-0.4, -0.2) is 44.0 Å². The van der Waals surface area contributed by atoms with Crippen LogP contribution < -0.4 is 15.9 Å². The van der Waals surface area contributed by atoms with E-state index >= 15 is 0 Å². The van der Waals surface area contributed by atoms with E-state index in [0.29, 0.717) is 23.6 Å². The minimum Gasteiger partial charge on any atom is -0.494 e. The quantitative estimate of drug-likeness (QED) is 0.339. The van der Waals surface area contributed by atoms with Crippen molar-refractivity contribution in [1.29, 1.82) is 0 Å². The third-order valence-electron chi connectivity index (χ3n) is 3.92. The number of aromatic nitrogens is 5. The lowest BCUT2D eigenvalue weighted by Gasteiger charge is -2.08. The summed E-state index contributed by atoms with van der Waals surface area (Å²) in [5.74, 6) is 0.181. The summed E-state index contributed by atoms with van der Waals surface area (Å²) in [4.78, 5) is 12.8. The van der Waals surface area contributed by atoms with Crippen LogP contribution in [0.4, 0.5) is 5.82 Å². The summed E-state index contributed by atoms with van der Waals surface area (Å²) in [6, 6.07) is 9.01. The maximum Gasteiger partial charge on any atom is 0.294 e. The lowest BCUT2D eigenvalue weighted by Crippen LogP contribution is -2.19. The highest BCUT2D eigenvalue weighted by atomic mass is 32.1. The first-order valence-corrected chi connectivity index (χ1v) is 9.74. The van der Waals surface area contributed by atoms with Crippen molar-refractivity contribution in [3.05, 3.63) is 52.3 Å². The highest BCUT2D eigenvalue weighted by molar-refractivity contribution is 7.08. The minimum absolute atomic E-state index is 0.00421. The van der Waals surface area contributed by atoms with Crippen molar-refractivity contribution in [3.63, 3.8) is 0 Å². The Labute approximate surface area is 174 Å². The van der Waals surface area contributed by atoms with Gasteiger partial charge in [-0.25, -0.2) is 10.1 Å². The Kier molecular flexibility index (Phi) is 5.48. The zero-order chi connectivity index (χ0) is 20.9. The molecule has 0 fully saturated rings. The number of hydrogen-bond acceptors (Lipinski definition) is 10. The van der Waals surface area contributed by atoms with Crippen LogP contribution in [-0.2, 0) is 0 Å². The Hall–Kier alpha value is -4.06. The monoisotopic (exact) mass is 424 g/mol. The van der Waals surface area contributed by atoms with E-state index in [1.54, 1.807) is 24.3 Å². The topological polar surface area (TPSA) is 146 Å². The SMILES string of the molecule is CCOc1cccc(-c2c(C(=O)N/N=C/c3ccsc3)nnn2-c2nonc2N)c1. The largest absolute Gasteiger partial charge is 0.494 e. The predicted octanol–water partition coefficient (Wildman–Crippen LogP) is 2.12. The van der Waals surface area contributed by atoms with E-state index in [0.717, 1.165) is 5.56 Å². The molecular weight excluding hydrogens is 408 g/mol. The van der Waals surface area contributed by atoms with Crippen LogP contribution in [0.2, 0.25) is 0 Å². The first-order valence-electron chi connectivity index (χ1n) is 8.80. The lowest BCUT2D eigenvalue weighted by atomic mass is 10.1. The number of carbonyl (C=O) groups is 1. The van der Waals surface area contributed by atoms with Crippen molar-refractivity contribution < 1.29 is 14.2 Å². The summed E-state index contributed by atoms with van der Waals surface area (Å²) in [6.45, 7) is 2.37. The van der Waals surface area contributed by atoms with Gasteiger partial charge in [-0.1, -0.05) is 17.3 Å². The van der Waals surface area contributed by atoms with Crippen LogP contribution in [0.25, 0.3) is 17.1 Å². The van der Waals surface area contributed by atoms with E-state index in [4.69, 9.17) is 10.5 Å². The molecule has 0 atom stereocenters. The number of nitrogens with one attached hydrogen (secondary N) is 1. The second-order valence-electron chi connectivity index (χ2n) is 5.89. The fourth-order valence-corrected chi connectivity index (χ4v) is 3.26. The minimum atomic E-state index is -0.556. The number of thiophene rings is 1. The highest BCUT2D eigenvalue weighted by Crippen LogP contribution is 2.29. The molecule has 4 rings (SSSR count). The van der Waals surface area contributed by atoms with Crippen LogP contribution in [0, 0.1) is 0 Å². The van der Waals surface area contributed by atoms with Crippen molar-refractivity contribution in [3.8, 4) is 22.8 Å². The van der Waals surface area contributed by atoms with E-state index in [1.165, 1.54) is 22.2 Å². The second-order valence-corrected chi connectivity index (χ2v) is 6.67. The van der Waals surface area contributed by atoms with Crippen LogP contribution in [0.3, 0.4) is 0 Å². The number of nitrogens with two attached hydrogens (primary N) is 1. The molecule has 4 aromatic rings. The standard InChI is InChI=1S/C18H16N8O3S/c1-2-28-13-5-3-4-12(8-13)15-14(18(27)22-20-9-11-6-7-30-10-11)21-25-26(15)17-16(19)23-29-24-17/h3-10H,2H2,1H3,(H2,19,23)(H,22,27)/b20-9+. The molecule has 0 aliphatic rings. The molecule has 0 radical (unpaired) electrons. The highest BCUT2D eigenvalue weighted by Gasteiger charge is 2.25. The van der Waals surface area contributed by atoms with Crippen LogP contribution >= 0.6 is 11.3 Å². The Bertz CT molecular complexity index is 1180. The number of hydrogen-bond donors (Lipinski definition) is 2. The third kappa shape index (κ3) is 3.89. The zero-order valence-electron chi connectivity index (χ0n) is 15.7. The van der Waals surface area contributed by atoms with Gasteiger partial charge in [-0.15, -0.1) is 5.10 Å². The summed E-state index contributed by atoms with van der Waals surface area (Å²) in [5.41, 5.74) is 10.1. The molecule has 3 aromatic heterocycles. The summed E-state index contributed by atoms with van der Waals surface area (Å²) in [7, 11) is 0. The average Bonchev–Trinajstić information content (AvgIpc) is 3.49. The molecule has 0 spiro atoms. The number of ether oxygens (including phenoxy) is 1. The van der Waals surface area contributed by atoms with Gasteiger partial charge in [0.15, 0.2) is 5.69 Å². The van der Waals surface area contributed by atoms with Gasteiger partial charge in [0.25, 0.3) is 5.91 Å². The number of rotatable bonds is 7. The Morgan fingerprint density at radius 1 is 1.40 bits per heavy atom. The first kappa shape index (κ1) is 19.3. The van der Waals surface area contributed by atoms with Crippen molar-refractivity contribution in [2.75, 3.05) is 12.3 Å². The lowest BCUT2D eigenvalue weighted by molar-refractivity contribution is 0.0950. The van der Waals surface area contributed by atoms with E-state index in [9.17, 15) is 4.79 Å². The Morgan fingerprint density at radius 3 is 3.03 bits per heavy atom. The molecule has 0 saturated heterocycles. The fraction of sp³-hybridized carbons (Fsp3) is 0.111. The summed E-state index contributed by atoms with van der Waals surface area (Å²) in [5, 5.41) is 23.1.